The van der Waals surface area contributed by atoms with E-state index < -0.39 is 23.4 Å². The molecule has 1 aliphatic rings. The lowest BCUT2D eigenvalue weighted by atomic mass is 10.1. The number of halogens is 4. The van der Waals surface area contributed by atoms with Crippen LogP contribution in [0.25, 0.3) is 0 Å². The van der Waals surface area contributed by atoms with E-state index in [0.29, 0.717) is 17.3 Å². The van der Waals surface area contributed by atoms with Crippen molar-refractivity contribution in [1.82, 2.24) is 10.3 Å². The van der Waals surface area contributed by atoms with E-state index in [1.807, 2.05) is 6.07 Å². The van der Waals surface area contributed by atoms with Crippen LogP contribution in [-0.2, 0) is 6.54 Å². The quantitative estimate of drug-likeness (QED) is 0.478. The first kappa shape index (κ1) is 22.2. The first-order chi connectivity index (χ1) is 15.3. The molecule has 4 rings (SSSR count). The molecule has 1 heterocycles. The summed E-state index contributed by atoms with van der Waals surface area (Å²) in [4.78, 5) is 29.5. The number of rotatable bonds is 6. The number of anilines is 1. The number of nitrogens with zero attached hydrogens (tertiary/aromatic N) is 1. The van der Waals surface area contributed by atoms with Crippen LogP contribution in [0.5, 0.6) is 0 Å². The van der Waals surface area contributed by atoms with Crippen LogP contribution in [0.2, 0.25) is 10.0 Å². The number of hydrogen-bond donors (Lipinski definition) is 2. The van der Waals surface area contributed by atoms with Crippen LogP contribution in [-0.4, -0.2) is 16.8 Å². The lowest BCUT2D eigenvalue weighted by molar-refractivity contribution is 0.0951. The van der Waals surface area contributed by atoms with Crippen molar-refractivity contribution in [2.45, 2.75) is 25.3 Å². The van der Waals surface area contributed by atoms with Gasteiger partial charge in [-0.15, -0.1) is 0 Å². The molecule has 2 N–H and O–H groups in total. The Morgan fingerprint density at radius 2 is 1.78 bits per heavy atom. The molecule has 1 aliphatic carbocycles. The van der Waals surface area contributed by atoms with Crippen molar-refractivity contribution in [3.05, 3.63) is 92.6 Å². The summed E-state index contributed by atoms with van der Waals surface area (Å²) < 4.78 is 26.4. The van der Waals surface area contributed by atoms with Crippen molar-refractivity contribution in [2.75, 3.05) is 5.32 Å². The minimum atomic E-state index is -1.01. The largest absolute Gasteiger partial charge is 0.348 e. The third-order valence-electron chi connectivity index (χ3n) is 5.05. The molecule has 2 amide bonds. The van der Waals surface area contributed by atoms with Crippen molar-refractivity contribution in [1.29, 1.82) is 0 Å². The van der Waals surface area contributed by atoms with Crippen molar-refractivity contribution in [3.8, 4) is 0 Å². The van der Waals surface area contributed by atoms with Crippen LogP contribution in [0.4, 0.5) is 14.6 Å². The molecule has 5 nitrogen and oxygen atoms in total. The predicted molar refractivity (Wildman–Crippen MR) is 118 cm³/mol. The topological polar surface area (TPSA) is 71.1 Å². The molecule has 3 aromatic rings. The minimum Gasteiger partial charge on any atom is -0.348 e. The van der Waals surface area contributed by atoms with Gasteiger partial charge in [0.15, 0.2) is 11.6 Å². The maximum atomic E-state index is 13.3. The standard InChI is InChI=1S/C23H17Cl2F2N3O2/c24-17-9-15(22(31)29-10-12-1-5-18(26)19(27)7-12)8-16(21(17)25)23(32)30-20-6-4-14(11-28-20)13-2-3-13/h1,4-9,11,13H,2-3,10H2,(H,29,31)(H,28,30,32). The van der Waals surface area contributed by atoms with Crippen molar-refractivity contribution >= 4 is 40.8 Å². The van der Waals surface area contributed by atoms with Crippen molar-refractivity contribution in [3.63, 3.8) is 0 Å². The summed E-state index contributed by atoms with van der Waals surface area (Å²) in [5, 5.41) is 5.24. The fourth-order valence-corrected chi connectivity index (χ4v) is 3.55. The highest BCUT2D eigenvalue weighted by atomic mass is 35.5. The van der Waals surface area contributed by atoms with Gasteiger partial charge >= 0.3 is 0 Å². The molecule has 2 aromatic carbocycles. The fraction of sp³-hybridized carbons (Fsp3) is 0.174. The van der Waals surface area contributed by atoms with Gasteiger partial charge in [-0.25, -0.2) is 13.8 Å². The molecular formula is C23H17Cl2F2N3O2. The molecular weight excluding hydrogens is 459 g/mol. The Hall–Kier alpha value is -3.03. The highest BCUT2D eigenvalue weighted by Crippen LogP contribution is 2.39. The summed E-state index contributed by atoms with van der Waals surface area (Å²) in [5.74, 6) is -2.23. The van der Waals surface area contributed by atoms with Crippen LogP contribution in [0.1, 0.15) is 50.6 Å². The Balaban J connectivity index is 1.47. The minimum absolute atomic E-state index is 0.00378. The lowest BCUT2D eigenvalue weighted by Gasteiger charge is -2.11. The maximum absolute atomic E-state index is 13.3. The summed E-state index contributed by atoms with van der Waals surface area (Å²) in [5.41, 5.74) is 1.59. The number of aromatic nitrogens is 1. The van der Waals surface area contributed by atoms with Gasteiger partial charge in [0.1, 0.15) is 5.82 Å². The first-order valence-electron chi connectivity index (χ1n) is 9.80. The van der Waals surface area contributed by atoms with Gasteiger partial charge < -0.3 is 10.6 Å². The first-order valence-corrected chi connectivity index (χ1v) is 10.6. The number of benzene rings is 2. The molecule has 0 aliphatic heterocycles. The van der Waals surface area contributed by atoms with Gasteiger partial charge in [-0.2, -0.15) is 0 Å². The molecule has 0 atom stereocenters. The molecule has 164 valence electrons. The Kier molecular flexibility index (Phi) is 6.39. The van der Waals surface area contributed by atoms with E-state index in [0.717, 1.165) is 30.5 Å². The van der Waals surface area contributed by atoms with Crippen LogP contribution < -0.4 is 10.6 Å². The zero-order chi connectivity index (χ0) is 22.8. The third-order valence-corrected chi connectivity index (χ3v) is 5.85. The van der Waals surface area contributed by atoms with E-state index in [4.69, 9.17) is 23.2 Å². The smallest absolute Gasteiger partial charge is 0.258 e. The van der Waals surface area contributed by atoms with E-state index in [2.05, 4.69) is 15.6 Å². The summed E-state index contributed by atoms with van der Waals surface area (Å²) in [6.07, 6.45) is 4.02. The molecule has 0 spiro atoms. The number of amides is 2. The maximum Gasteiger partial charge on any atom is 0.258 e. The number of hydrogen-bond acceptors (Lipinski definition) is 3. The Morgan fingerprint density at radius 1 is 1.00 bits per heavy atom. The van der Waals surface area contributed by atoms with E-state index in [-0.39, 0.29) is 27.7 Å². The fourth-order valence-electron chi connectivity index (χ4n) is 3.14. The molecule has 1 fully saturated rings. The van der Waals surface area contributed by atoms with Gasteiger partial charge in [0, 0.05) is 18.3 Å². The molecule has 32 heavy (non-hydrogen) atoms. The van der Waals surface area contributed by atoms with Crippen molar-refractivity contribution < 1.29 is 18.4 Å². The molecule has 0 unspecified atom stereocenters. The molecule has 1 aromatic heterocycles. The molecule has 0 bridgehead atoms. The van der Waals surface area contributed by atoms with Gasteiger partial charge in [0.25, 0.3) is 11.8 Å². The third kappa shape index (κ3) is 5.06. The summed E-state index contributed by atoms with van der Waals surface area (Å²) in [6, 6.07) is 9.57. The average molecular weight is 476 g/mol. The summed E-state index contributed by atoms with van der Waals surface area (Å²) in [6.45, 7) is -0.0466. The predicted octanol–water partition coefficient (Wildman–Crippen LogP) is 5.73. The van der Waals surface area contributed by atoms with Gasteiger partial charge in [0.05, 0.1) is 15.6 Å². The van der Waals surface area contributed by atoms with Gasteiger partial charge in [-0.1, -0.05) is 35.3 Å². The van der Waals surface area contributed by atoms with Gasteiger partial charge in [-0.05, 0) is 60.2 Å². The second kappa shape index (κ2) is 9.22. The zero-order valence-corrected chi connectivity index (χ0v) is 18.1. The van der Waals surface area contributed by atoms with Gasteiger partial charge in [0.2, 0.25) is 0 Å². The lowest BCUT2D eigenvalue weighted by Crippen LogP contribution is -2.24. The van der Waals surface area contributed by atoms with Crippen molar-refractivity contribution in [2.24, 2.45) is 0 Å². The van der Waals surface area contributed by atoms with E-state index in [1.165, 1.54) is 18.2 Å². The normalized spacial score (nSPS) is 13.0. The molecule has 1 saturated carbocycles. The zero-order valence-electron chi connectivity index (χ0n) is 16.6. The summed E-state index contributed by atoms with van der Waals surface area (Å²) >= 11 is 12.3. The van der Waals surface area contributed by atoms with E-state index >= 15 is 0 Å². The van der Waals surface area contributed by atoms with E-state index in [9.17, 15) is 18.4 Å². The van der Waals surface area contributed by atoms with Crippen LogP contribution in [0.15, 0.2) is 48.7 Å². The Morgan fingerprint density at radius 3 is 2.44 bits per heavy atom. The van der Waals surface area contributed by atoms with Crippen LogP contribution >= 0.6 is 23.2 Å². The highest BCUT2D eigenvalue weighted by molar-refractivity contribution is 6.44. The molecule has 0 radical (unpaired) electrons. The molecule has 9 heteroatoms. The second-order valence-electron chi connectivity index (χ2n) is 7.46. The van der Waals surface area contributed by atoms with E-state index in [1.54, 1.807) is 12.3 Å². The summed E-state index contributed by atoms with van der Waals surface area (Å²) in [7, 11) is 0. The highest BCUT2D eigenvalue weighted by Gasteiger charge is 2.24. The second-order valence-corrected chi connectivity index (χ2v) is 8.24. The monoisotopic (exact) mass is 475 g/mol. The molecule has 0 saturated heterocycles. The van der Waals surface area contributed by atoms with Crippen LogP contribution in [0, 0.1) is 11.6 Å². The Bertz CT molecular complexity index is 1200. The number of carbonyl (C=O) groups is 2. The van der Waals surface area contributed by atoms with Crippen LogP contribution in [0.3, 0.4) is 0 Å². The van der Waals surface area contributed by atoms with Gasteiger partial charge in [-0.3, -0.25) is 9.59 Å². The number of carbonyl (C=O) groups excluding carboxylic acids is 2. The number of nitrogens with one attached hydrogen (secondary N) is 2. The SMILES string of the molecule is O=C(NCc1ccc(F)c(F)c1)c1cc(Cl)c(Cl)c(C(=O)Nc2ccc(C3CC3)cn2)c1. The Labute approximate surface area is 192 Å². The number of pyridine rings is 1. The average Bonchev–Trinajstić information content (AvgIpc) is 3.62.